The second-order valence-corrected chi connectivity index (χ2v) is 10.8. The zero-order chi connectivity index (χ0) is 19.6. The van der Waals surface area contributed by atoms with Gasteiger partial charge in [0.15, 0.2) is 0 Å². The van der Waals surface area contributed by atoms with E-state index in [1.807, 2.05) is 0 Å². The molecule has 0 saturated carbocycles. The number of allylic oxidation sites excluding steroid dienone is 3. The molecule has 2 aliphatic rings. The maximum Gasteiger partial charge on any atom is 0.127 e. The Morgan fingerprint density at radius 3 is 2.07 bits per heavy atom. The summed E-state index contributed by atoms with van der Waals surface area (Å²) in [5.41, 5.74) is 3.00. The topological polar surface area (TPSA) is 29.5 Å². The third kappa shape index (κ3) is 4.13. The Morgan fingerprint density at radius 1 is 0.893 bits per heavy atom. The molecule has 0 amide bonds. The van der Waals surface area contributed by atoms with Crippen LogP contribution in [0.4, 0.5) is 0 Å². The van der Waals surface area contributed by atoms with Gasteiger partial charge in [0.2, 0.25) is 0 Å². The number of ether oxygens (including phenoxy) is 1. The van der Waals surface area contributed by atoms with Crippen molar-refractivity contribution < 1.29 is 9.84 Å². The minimum atomic E-state index is -0.0255. The van der Waals surface area contributed by atoms with Crippen LogP contribution in [0.5, 0.6) is 17.2 Å². The molecule has 1 aliphatic heterocycles. The van der Waals surface area contributed by atoms with Gasteiger partial charge >= 0.3 is 0 Å². The molecule has 0 bridgehead atoms. The first-order chi connectivity index (χ1) is 13.5. The molecule has 1 saturated heterocycles. The quantitative estimate of drug-likeness (QED) is 0.581. The van der Waals surface area contributed by atoms with Crippen LogP contribution in [0, 0.1) is 5.41 Å². The lowest BCUT2D eigenvalue weighted by molar-refractivity contribution is 0.464. The number of hydrogen-bond donors (Lipinski definition) is 1. The van der Waals surface area contributed by atoms with Crippen molar-refractivity contribution in [3.05, 3.63) is 77.9 Å². The number of thioether (sulfide) groups is 2. The van der Waals surface area contributed by atoms with Crippen LogP contribution in [0.15, 0.2) is 72.3 Å². The molecule has 2 nitrogen and oxygen atoms in total. The van der Waals surface area contributed by atoms with Crippen LogP contribution < -0.4 is 4.74 Å². The molecule has 0 atom stereocenters. The Hall–Kier alpha value is -1.78. The molecule has 4 heteroatoms. The van der Waals surface area contributed by atoms with Crippen LogP contribution in [0.2, 0.25) is 0 Å². The summed E-state index contributed by atoms with van der Waals surface area (Å²) < 4.78 is 5.90. The van der Waals surface area contributed by atoms with Crippen LogP contribution in [0.3, 0.4) is 0 Å². The summed E-state index contributed by atoms with van der Waals surface area (Å²) in [5, 5.41) is 9.42. The molecule has 2 aromatic rings. The summed E-state index contributed by atoms with van der Waals surface area (Å²) in [4.78, 5) is 0. The van der Waals surface area contributed by atoms with Gasteiger partial charge in [0, 0.05) is 0 Å². The molecular formula is C24H26O2S2. The molecule has 0 radical (unpaired) electrons. The highest BCUT2D eigenvalue weighted by Crippen LogP contribution is 2.56. The molecule has 1 heterocycles. The number of phenolic OH excluding ortho intramolecular Hbond substituents is 1. The predicted octanol–water partition coefficient (Wildman–Crippen LogP) is 7.12. The molecule has 1 fully saturated rings. The van der Waals surface area contributed by atoms with Crippen molar-refractivity contribution in [2.75, 3.05) is 11.5 Å². The minimum Gasteiger partial charge on any atom is -0.508 e. The number of phenols is 1. The highest BCUT2D eigenvalue weighted by atomic mass is 32.2. The lowest BCUT2D eigenvalue weighted by Gasteiger charge is -2.40. The monoisotopic (exact) mass is 410 g/mol. The molecule has 4 rings (SSSR count). The van der Waals surface area contributed by atoms with Gasteiger partial charge in [-0.15, -0.1) is 23.5 Å². The van der Waals surface area contributed by atoms with E-state index >= 15 is 0 Å². The van der Waals surface area contributed by atoms with Gasteiger partial charge in [-0.1, -0.05) is 44.2 Å². The van der Waals surface area contributed by atoms with Crippen LogP contribution in [0.25, 0.3) is 0 Å². The van der Waals surface area contributed by atoms with Crippen molar-refractivity contribution in [2.45, 2.75) is 30.8 Å². The Morgan fingerprint density at radius 2 is 1.50 bits per heavy atom. The zero-order valence-electron chi connectivity index (χ0n) is 16.4. The number of rotatable bonds is 4. The maximum atomic E-state index is 9.42. The van der Waals surface area contributed by atoms with E-state index < -0.39 is 0 Å². The highest BCUT2D eigenvalue weighted by Gasteiger charge is 2.39. The van der Waals surface area contributed by atoms with Gasteiger partial charge in [-0.3, -0.25) is 0 Å². The van der Waals surface area contributed by atoms with Crippen molar-refractivity contribution in [1.29, 1.82) is 0 Å². The summed E-state index contributed by atoms with van der Waals surface area (Å²) in [7, 11) is 0. The van der Waals surface area contributed by atoms with Gasteiger partial charge in [0.25, 0.3) is 0 Å². The van der Waals surface area contributed by atoms with E-state index in [2.05, 4.69) is 79.9 Å². The Bertz CT molecular complexity index is 874. The fourth-order valence-corrected chi connectivity index (χ4v) is 6.90. The maximum absolute atomic E-state index is 9.42. The Balaban J connectivity index is 1.60. The van der Waals surface area contributed by atoms with Crippen molar-refractivity contribution in [1.82, 2.24) is 0 Å². The summed E-state index contributed by atoms with van der Waals surface area (Å²) in [6.07, 6.45) is 9.50. The van der Waals surface area contributed by atoms with E-state index in [0.717, 1.165) is 17.9 Å². The lowest BCUT2D eigenvalue weighted by Crippen LogP contribution is -2.26. The van der Waals surface area contributed by atoms with E-state index in [1.165, 1.54) is 29.1 Å². The minimum absolute atomic E-state index is 0.0255. The SMILES string of the molecule is CC1(C)C=CC(C2(c3ccc(Oc4ccc(O)cc4)cc3)SCCCS2)=CC1. The normalized spacial score (nSPS) is 20.4. The molecule has 2 aromatic carbocycles. The van der Waals surface area contributed by atoms with E-state index in [9.17, 15) is 5.11 Å². The number of benzene rings is 2. The third-order valence-corrected chi connectivity index (χ3v) is 8.60. The zero-order valence-corrected chi connectivity index (χ0v) is 18.0. The van der Waals surface area contributed by atoms with Gasteiger partial charge in [0.1, 0.15) is 21.3 Å². The van der Waals surface area contributed by atoms with Crippen molar-refractivity contribution in [3.8, 4) is 17.2 Å². The van der Waals surface area contributed by atoms with Gasteiger partial charge in [-0.2, -0.15) is 0 Å². The Labute approximate surface area is 176 Å². The molecule has 1 aliphatic carbocycles. The molecule has 146 valence electrons. The summed E-state index contributed by atoms with van der Waals surface area (Å²) >= 11 is 4.11. The summed E-state index contributed by atoms with van der Waals surface area (Å²) in [6.45, 7) is 4.58. The van der Waals surface area contributed by atoms with E-state index in [1.54, 1.807) is 24.3 Å². The number of hydrogen-bond acceptors (Lipinski definition) is 4. The first-order valence-corrected chi connectivity index (χ1v) is 11.7. The average molecular weight is 411 g/mol. The summed E-state index contributed by atoms with van der Waals surface area (Å²) in [5.74, 6) is 4.15. The fraction of sp³-hybridized carbons (Fsp3) is 0.333. The first-order valence-electron chi connectivity index (χ1n) is 9.72. The fourth-order valence-electron chi connectivity index (χ4n) is 3.49. The smallest absolute Gasteiger partial charge is 0.127 e. The van der Waals surface area contributed by atoms with E-state index in [0.29, 0.717) is 0 Å². The molecular weight excluding hydrogens is 384 g/mol. The second-order valence-electron chi connectivity index (χ2n) is 7.97. The average Bonchev–Trinajstić information content (AvgIpc) is 2.71. The highest BCUT2D eigenvalue weighted by molar-refractivity contribution is 8.18. The van der Waals surface area contributed by atoms with Gasteiger partial charge < -0.3 is 9.84 Å². The van der Waals surface area contributed by atoms with Crippen LogP contribution >= 0.6 is 23.5 Å². The molecule has 0 unspecified atom stereocenters. The largest absolute Gasteiger partial charge is 0.508 e. The molecule has 1 N–H and O–H groups in total. The molecule has 0 spiro atoms. The van der Waals surface area contributed by atoms with Crippen molar-refractivity contribution in [3.63, 3.8) is 0 Å². The van der Waals surface area contributed by atoms with Crippen molar-refractivity contribution >= 4 is 23.5 Å². The van der Waals surface area contributed by atoms with Crippen LogP contribution in [0.1, 0.15) is 32.3 Å². The predicted molar refractivity (Wildman–Crippen MR) is 121 cm³/mol. The first kappa shape index (κ1) is 19.5. The van der Waals surface area contributed by atoms with E-state index in [4.69, 9.17) is 4.74 Å². The lowest BCUT2D eigenvalue weighted by atomic mass is 9.82. The van der Waals surface area contributed by atoms with Crippen LogP contribution in [-0.2, 0) is 4.08 Å². The van der Waals surface area contributed by atoms with Gasteiger partial charge in [0.05, 0.1) is 0 Å². The third-order valence-electron chi connectivity index (χ3n) is 5.15. The summed E-state index contributed by atoms with van der Waals surface area (Å²) in [6, 6.07) is 15.3. The number of aromatic hydroxyl groups is 1. The van der Waals surface area contributed by atoms with Gasteiger partial charge in [-0.05, 0) is 77.3 Å². The van der Waals surface area contributed by atoms with E-state index in [-0.39, 0.29) is 15.2 Å². The van der Waals surface area contributed by atoms with Crippen molar-refractivity contribution in [2.24, 2.45) is 5.41 Å². The van der Waals surface area contributed by atoms with Crippen LogP contribution in [-0.4, -0.2) is 16.6 Å². The Kier molecular flexibility index (Phi) is 5.52. The molecule has 28 heavy (non-hydrogen) atoms. The second kappa shape index (κ2) is 7.92. The standard InChI is InChI=1S/C24H26O2S2/c1-23(2)14-12-19(13-15-23)24(27-16-3-17-28-24)18-4-8-21(9-5-18)26-22-10-6-20(25)7-11-22/h4-14,25H,3,15-17H2,1-2H3. The van der Waals surface area contributed by atoms with Gasteiger partial charge in [-0.25, -0.2) is 0 Å². The molecule has 0 aromatic heterocycles.